The highest BCUT2D eigenvalue weighted by atomic mass is 16.5. The second-order valence-corrected chi connectivity index (χ2v) is 7.48. The fraction of sp³-hybridized carbons (Fsp3) is 0.304. The van der Waals surface area contributed by atoms with E-state index in [1.807, 2.05) is 31.2 Å². The predicted octanol–water partition coefficient (Wildman–Crippen LogP) is 3.51. The minimum atomic E-state index is -1.23. The van der Waals surface area contributed by atoms with Crippen molar-refractivity contribution in [2.75, 3.05) is 26.3 Å². The van der Waals surface area contributed by atoms with Crippen molar-refractivity contribution in [3.63, 3.8) is 0 Å². The van der Waals surface area contributed by atoms with Crippen LogP contribution in [0, 0.1) is 0 Å². The summed E-state index contributed by atoms with van der Waals surface area (Å²) in [5, 5.41) is 33.8. The van der Waals surface area contributed by atoms with Gasteiger partial charge in [0.15, 0.2) is 11.5 Å². The molecule has 8 heteroatoms. The van der Waals surface area contributed by atoms with Crippen molar-refractivity contribution in [2.45, 2.75) is 19.9 Å². The molecule has 0 spiro atoms. The zero-order valence-corrected chi connectivity index (χ0v) is 17.2. The van der Waals surface area contributed by atoms with Crippen LogP contribution in [0.1, 0.15) is 28.5 Å². The number of benzene rings is 2. The summed E-state index contributed by atoms with van der Waals surface area (Å²) in [6.07, 6.45) is 0.532. The van der Waals surface area contributed by atoms with Crippen LogP contribution in [0.3, 0.4) is 0 Å². The van der Waals surface area contributed by atoms with E-state index in [4.69, 9.17) is 9.26 Å². The number of nitrogens with zero attached hydrogens (tertiary/aromatic N) is 2. The van der Waals surface area contributed by atoms with Crippen LogP contribution in [0.5, 0.6) is 11.5 Å². The molecule has 162 valence electrons. The fourth-order valence-corrected chi connectivity index (χ4v) is 3.77. The molecule has 0 bridgehead atoms. The molecule has 4 rings (SSSR count). The third kappa shape index (κ3) is 4.26. The molecule has 8 nitrogen and oxygen atoms in total. The van der Waals surface area contributed by atoms with Gasteiger partial charge >= 0.3 is 5.97 Å². The smallest absolute Gasteiger partial charge is 0.358 e. The molecule has 0 radical (unpaired) electrons. The Hall–Kier alpha value is -3.36. The summed E-state index contributed by atoms with van der Waals surface area (Å²) >= 11 is 0. The molecule has 1 aliphatic heterocycles. The van der Waals surface area contributed by atoms with Crippen LogP contribution in [0.15, 0.2) is 40.9 Å². The van der Waals surface area contributed by atoms with Crippen LogP contribution in [0.25, 0.3) is 22.5 Å². The molecule has 0 unspecified atom stereocenters. The first-order valence-corrected chi connectivity index (χ1v) is 10.2. The molecule has 0 saturated carbocycles. The average Bonchev–Trinajstić information content (AvgIpc) is 3.20. The van der Waals surface area contributed by atoms with Crippen molar-refractivity contribution in [3.05, 3.63) is 53.2 Å². The van der Waals surface area contributed by atoms with Crippen LogP contribution in [0.2, 0.25) is 0 Å². The Morgan fingerprint density at radius 2 is 1.81 bits per heavy atom. The van der Waals surface area contributed by atoms with Gasteiger partial charge in [-0.15, -0.1) is 0 Å². The van der Waals surface area contributed by atoms with E-state index in [-0.39, 0.29) is 34.1 Å². The Bertz CT molecular complexity index is 1080. The number of phenolic OH excluding ortho intramolecular Hbond substituents is 2. The molecule has 3 aromatic rings. The van der Waals surface area contributed by atoms with Gasteiger partial charge < -0.3 is 24.6 Å². The number of hydrogen-bond acceptors (Lipinski definition) is 7. The molecule has 31 heavy (non-hydrogen) atoms. The standard InChI is InChI=1S/C23H24N2O6/c1-2-15-11-17(19(27)12-18(15)26)22-20(21(23(28)29)24-31-22)16-5-3-14(4-6-16)13-25-7-9-30-10-8-25/h3-6,11-12,26-27H,2,7-10,13H2,1H3,(H,28,29). The van der Waals surface area contributed by atoms with E-state index in [9.17, 15) is 20.1 Å². The normalized spacial score (nSPS) is 14.6. The van der Waals surface area contributed by atoms with Gasteiger partial charge in [-0.05, 0) is 29.2 Å². The summed E-state index contributed by atoms with van der Waals surface area (Å²) in [6.45, 7) is 5.85. The van der Waals surface area contributed by atoms with Crippen LogP contribution in [0.4, 0.5) is 0 Å². The molecule has 1 fully saturated rings. The van der Waals surface area contributed by atoms with Crippen LogP contribution >= 0.6 is 0 Å². The van der Waals surface area contributed by atoms with Crippen molar-refractivity contribution in [1.29, 1.82) is 0 Å². The molecule has 2 aromatic carbocycles. The summed E-state index contributed by atoms with van der Waals surface area (Å²) in [5.74, 6) is -1.33. The number of rotatable bonds is 6. The van der Waals surface area contributed by atoms with Gasteiger partial charge in [-0.3, -0.25) is 4.90 Å². The number of morpholine rings is 1. The highest BCUT2D eigenvalue weighted by Gasteiger charge is 2.26. The van der Waals surface area contributed by atoms with Crippen molar-refractivity contribution in [3.8, 4) is 33.9 Å². The van der Waals surface area contributed by atoms with E-state index in [1.165, 1.54) is 6.07 Å². The maximum absolute atomic E-state index is 11.8. The predicted molar refractivity (Wildman–Crippen MR) is 113 cm³/mol. The van der Waals surface area contributed by atoms with Crippen LogP contribution in [-0.2, 0) is 17.7 Å². The number of aryl methyl sites for hydroxylation is 1. The van der Waals surface area contributed by atoms with Crippen molar-refractivity contribution < 1.29 is 29.4 Å². The van der Waals surface area contributed by atoms with Gasteiger partial charge in [0.05, 0.1) is 24.3 Å². The summed E-state index contributed by atoms with van der Waals surface area (Å²) in [4.78, 5) is 14.1. The topological polar surface area (TPSA) is 116 Å². The molecule has 2 heterocycles. The van der Waals surface area contributed by atoms with Crippen molar-refractivity contribution >= 4 is 5.97 Å². The van der Waals surface area contributed by atoms with Gasteiger partial charge in [-0.1, -0.05) is 36.3 Å². The van der Waals surface area contributed by atoms with Gasteiger partial charge in [0.2, 0.25) is 0 Å². The highest BCUT2D eigenvalue weighted by Crippen LogP contribution is 2.41. The third-order valence-electron chi connectivity index (χ3n) is 5.47. The number of phenols is 2. The number of aromatic hydroxyl groups is 2. The minimum absolute atomic E-state index is 0.0317. The largest absolute Gasteiger partial charge is 0.508 e. The van der Waals surface area contributed by atoms with Crippen LogP contribution in [-0.4, -0.2) is 57.6 Å². The molecule has 0 atom stereocenters. The highest BCUT2D eigenvalue weighted by molar-refractivity contribution is 5.98. The molecule has 1 saturated heterocycles. The van der Waals surface area contributed by atoms with Crippen molar-refractivity contribution in [1.82, 2.24) is 10.1 Å². The number of ether oxygens (including phenoxy) is 1. The lowest BCUT2D eigenvalue weighted by molar-refractivity contribution is 0.0342. The summed E-state index contributed by atoms with van der Waals surface area (Å²) in [5.41, 5.74) is 2.65. The molecular formula is C23H24N2O6. The zero-order chi connectivity index (χ0) is 22.0. The monoisotopic (exact) mass is 424 g/mol. The van der Waals surface area contributed by atoms with Gasteiger partial charge in [-0.2, -0.15) is 0 Å². The number of carbonyl (C=O) groups is 1. The second kappa shape index (κ2) is 8.79. The Labute approximate surface area is 179 Å². The molecule has 1 aromatic heterocycles. The molecule has 3 N–H and O–H groups in total. The number of carboxylic acid groups (broad SMARTS) is 1. The quantitative estimate of drug-likeness (QED) is 0.550. The zero-order valence-electron chi connectivity index (χ0n) is 17.2. The molecular weight excluding hydrogens is 400 g/mol. The Kier molecular flexibility index (Phi) is 5.92. The van der Waals surface area contributed by atoms with Gasteiger partial charge in [-0.25, -0.2) is 4.79 Å². The van der Waals surface area contributed by atoms with Gasteiger partial charge in [0.25, 0.3) is 0 Å². The first-order chi connectivity index (χ1) is 15.0. The number of aromatic nitrogens is 1. The maximum Gasteiger partial charge on any atom is 0.358 e. The molecule has 0 aliphatic carbocycles. The maximum atomic E-state index is 11.8. The lowest BCUT2D eigenvalue weighted by atomic mass is 9.96. The third-order valence-corrected chi connectivity index (χ3v) is 5.47. The number of hydrogen-bond donors (Lipinski definition) is 3. The Balaban J connectivity index is 1.73. The summed E-state index contributed by atoms with van der Waals surface area (Å²) in [7, 11) is 0. The molecule has 1 aliphatic rings. The fourth-order valence-electron chi connectivity index (χ4n) is 3.77. The van der Waals surface area contributed by atoms with Crippen molar-refractivity contribution in [2.24, 2.45) is 0 Å². The first kappa shape index (κ1) is 20.9. The van der Waals surface area contributed by atoms with E-state index in [0.717, 1.165) is 38.4 Å². The van der Waals surface area contributed by atoms with Crippen LogP contribution < -0.4 is 0 Å². The first-order valence-electron chi connectivity index (χ1n) is 10.2. The van der Waals surface area contributed by atoms with E-state index >= 15 is 0 Å². The summed E-state index contributed by atoms with van der Waals surface area (Å²) in [6, 6.07) is 10.4. The van der Waals surface area contributed by atoms with Gasteiger partial charge in [0.1, 0.15) is 11.5 Å². The average molecular weight is 424 g/mol. The van der Waals surface area contributed by atoms with E-state index in [0.29, 0.717) is 17.5 Å². The lowest BCUT2D eigenvalue weighted by Gasteiger charge is -2.26. The number of aromatic carboxylic acids is 1. The minimum Gasteiger partial charge on any atom is -0.508 e. The van der Waals surface area contributed by atoms with E-state index in [1.54, 1.807) is 6.07 Å². The number of carboxylic acids is 1. The summed E-state index contributed by atoms with van der Waals surface area (Å²) < 4.78 is 10.8. The molecule has 0 amide bonds. The Morgan fingerprint density at radius 3 is 2.45 bits per heavy atom. The Morgan fingerprint density at radius 1 is 1.10 bits per heavy atom. The SMILES string of the molecule is CCc1cc(-c2onc(C(=O)O)c2-c2ccc(CN3CCOCC3)cc2)c(O)cc1O. The van der Waals surface area contributed by atoms with Gasteiger partial charge in [0, 0.05) is 25.7 Å². The second-order valence-electron chi connectivity index (χ2n) is 7.48. The lowest BCUT2D eigenvalue weighted by Crippen LogP contribution is -2.35. The van der Waals surface area contributed by atoms with E-state index in [2.05, 4.69) is 10.1 Å². The van der Waals surface area contributed by atoms with E-state index < -0.39 is 5.97 Å².